The molecule has 1 aromatic heterocycles. The van der Waals surface area contributed by atoms with E-state index in [1.165, 1.54) is 0 Å². The van der Waals surface area contributed by atoms with E-state index in [0.29, 0.717) is 50.2 Å². The summed E-state index contributed by atoms with van der Waals surface area (Å²) in [6, 6.07) is 18.8. The van der Waals surface area contributed by atoms with Gasteiger partial charge >= 0.3 is 0 Å². The number of nitrogens with zero attached hydrogens (tertiary/aromatic N) is 1. The summed E-state index contributed by atoms with van der Waals surface area (Å²) >= 11 is 19.7. The average Bonchev–Trinajstić information content (AvgIpc) is 3.82. The minimum atomic E-state index is -0.0843. The van der Waals surface area contributed by atoms with Crippen LogP contribution in [0, 0.1) is 0 Å². The third kappa shape index (κ3) is 4.68. The zero-order chi connectivity index (χ0) is 26.4. The van der Waals surface area contributed by atoms with Crippen LogP contribution in [-0.2, 0) is 16.8 Å². The second-order valence-electron chi connectivity index (χ2n) is 10.1. The molecule has 2 fully saturated rings. The van der Waals surface area contributed by atoms with Gasteiger partial charge in [-0.15, -0.1) is 0 Å². The molecule has 4 aromatic rings. The summed E-state index contributed by atoms with van der Waals surface area (Å²) in [7, 11) is 0. The van der Waals surface area contributed by atoms with Crippen LogP contribution in [0.2, 0.25) is 15.1 Å². The zero-order valence-electron chi connectivity index (χ0n) is 20.5. The smallest absolute Gasteiger partial charge is 0.298 e. The number of ether oxygens (including phenoxy) is 2. The van der Waals surface area contributed by atoms with E-state index in [4.69, 9.17) is 48.8 Å². The highest BCUT2D eigenvalue weighted by atomic mass is 35.5. The van der Waals surface area contributed by atoms with Crippen molar-refractivity contribution in [1.29, 1.82) is 0 Å². The first kappa shape index (κ1) is 25.3. The molecule has 0 amide bonds. The first-order valence-corrected chi connectivity index (χ1v) is 13.6. The summed E-state index contributed by atoms with van der Waals surface area (Å²) in [6.45, 7) is 2.90. The molecule has 0 N–H and O–H groups in total. The number of hydrogen-bond donors (Lipinski definition) is 0. The van der Waals surface area contributed by atoms with Gasteiger partial charge in [-0.2, -0.15) is 0 Å². The summed E-state index contributed by atoms with van der Waals surface area (Å²) in [5.41, 5.74) is 4.21. The fourth-order valence-corrected chi connectivity index (χ4v) is 6.08. The molecule has 1 heterocycles. The van der Waals surface area contributed by atoms with E-state index < -0.39 is 0 Å². The first-order valence-electron chi connectivity index (χ1n) is 12.4. The van der Waals surface area contributed by atoms with Crippen LogP contribution in [0.3, 0.4) is 0 Å². The van der Waals surface area contributed by atoms with Crippen molar-refractivity contribution in [3.63, 3.8) is 0 Å². The third-order valence-corrected chi connectivity index (χ3v) is 8.57. The molecular weight excluding hydrogens is 545 g/mol. The van der Waals surface area contributed by atoms with Crippen LogP contribution in [0.5, 0.6) is 11.5 Å². The summed E-state index contributed by atoms with van der Waals surface area (Å²) < 4.78 is 17.0. The predicted molar refractivity (Wildman–Crippen MR) is 148 cm³/mol. The van der Waals surface area contributed by atoms with Crippen molar-refractivity contribution in [1.82, 2.24) is 5.16 Å². The average molecular weight is 569 g/mol. The standard InChI is InChI=1S/C30H24Cl3NO4/c1-30(18-4-2-5-19(12-18)37-16-35)14-23(30)21-11-10-20(13-26(21)33)36-15-22-28(34-38-29(22)17-8-9-17)27-24(31)6-3-7-25(27)32/h2-7,10-13,16-17,23H,8-9,14-15H2,1H3. The Balaban J connectivity index is 1.22. The second-order valence-corrected chi connectivity index (χ2v) is 11.4. The van der Waals surface area contributed by atoms with Gasteiger partial charge in [0.25, 0.3) is 6.47 Å². The van der Waals surface area contributed by atoms with Crippen LogP contribution in [0.4, 0.5) is 0 Å². The minimum absolute atomic E-state index is 0.0843. The maximum atomic E-state index is 10.7. The number of aromatic nitrogens is 1. The SMILES string of the molecule is CC1(c2cccc(OC=O)c2)CC1c1ccc(OCc2c(-c3c(Cl)cccc3Cl)noc2C2CC2)cc1Cl. The van der Waals surface area contributed by atoms with Crippen LogP contribution in [0.1, 0.15) is 60.5 Å². The predicted octanol–water partition coefficient (Wildman–Crippen LogP) is 8.74. The normalized spacial score (nSPS) is 20.3. The highest BCUT2D eigenvalue weighted by Gasteiger charge is 2.52. The van der Waals surface area contributed by atoms with Gasteiger partial charge in [0.1, 0.15) is 29.6 Å². The van der Waals surface area contributed by atoms with Gasteiger partial charge in [-0.1, -0.05) is 71.1 Å². The van der Waals surface area contributed by atoms with Crippen molar-refractivity contribution in [3.05, 3.63) is 98.2 Å². The number of rotatable bonds is 9. The van der Waals surface area contributed by atoms with Gasteiger partial charge in [0, 0.05) is 21.9 Å². The number of halogens is 3. The lowest BCUT2D eigenvalue weighted by Crippen LogP contribution is -2.05. The molecule has 2 atom stereocenters. The molecule has 0 bridgehead atoms. The topological polar surface area (TPSA) is 61.6 Å². The molecule has 0 radical (unpaired) electrons. The molecular formula is C30H24Cl3NO4. The van der Waals surface area contributed by atoms with Crippen molar-refractivity contribution in [3.8, 4) is 22.8 Å². The lowest BCUT2D eigenvalue weighted by molar-refractivity contribution is -0.120. The minimum Gasteiger partial charge on any atom is -0.489 e. The molecule has 38 heavy (non-hydrogen) atoms. The molecule has 194 valence electrons. The van der Waals surface area contributed by atoms with Crippen molar-refractivity contribution >= 4 is 41.3 Å². The number of carbonyl (C=O) groups excluding carboxylic acids is 1. The first-order chi connectivity index (χ1) is 18.4. The fraction of sp³-hybridized carbons (Fsp3) is 0.267. The van der Waals surface area contributed by atoms with Crippen LogP contribution in [-0.4, -0.2) is 11.6 Å². The molecule has 8 heteroatoms. The molecule has 2 saturated carbocycles. The van der Waals surface area contributed by atoms with Crippen LogP contribution in [0.15, 0.2) is 65.2 Å². The van der Waals surface area contributed by atoms with Gasteiger partial charge in [0.2, 0.25) is 0 Å². The molecule has 2 unspecified atom stereocenters. The lowest BCUT2D eigenvalue weighted by atomic mass is 9.92. The van der Waals surface area contributed by atoms with Gasteiger partial charge in [-0.25, -0.2) is 0 Å². The molecule has 3 aromatic carbocycles. The summed E-state index contributed by atoms with van der Waals surface area (Å²) in [6.07, 6.45) is 3.07. The monoisotopic (exact) mass is 567 g/mol. The number of carbonyl (C=O) groups is 1. The Morgan fingerprint density at radius 3 is 2.47 bits per heavy atom. The third-order valence-electron chi connectivity index (χ3n) is 7.61. The molecule has 2 aliphatic carbocycles. The summed E-state index contributed by atoms with van der Waals surface area (Å²) in [5, 5.41) is 6.00. The molecule has 0 spiro atoms. The van der Waals surface area contributed by atoms with Gasteiger partial charge in [0.15, 0.2) is 0 Å². The van der Waals surface area contributed by atoms with Gasteiger partial charge < -0.3 is 14.0 Å². The summed E-state index contributed by atoms with van der Waals surface area (Å²) in [4.78, 5) is 10.7. The molecule has 5 nitrogen and oxygen atoms in total. The van der Waals surface area contributed by atoms with E-state index in [9.17, 15) is 4.79 Å². The molecule has 2 aliphatic rings. The number of hydrogen-bond acceptors (Lipinski definition) is 5. The van der Waals surface area contributed by atoms with Crippen molar-refractivity contribution in [2.75, 3.05) is 0 Å². The molecule has 6 rings (SSSR count). The lowest BCUT2D eigenvalue weighted by Gasteiger charge is -2.15. The molecule has 0 aliphatic heterocycles. The van der Waals surface area contributed by atoms with Crippen molar-refractivity contribution in [2.45, 2.75) is 50.0 Å². The van der Waals surface area contributed by atoms with Crippen LogP contribution >= 0.6 is 34.8 Å². The Bertz CT molecular complexity index is 1510. The fourth-order valence-electron chi connectivity index (χ4n) is 5.20. The second kappa shape index (κ2) is 9.96. The van der Waals surface area contributed by atoms with Crippen molar-refractivity contribution < 1.29 is 18.8 Å². The quantitative estimate of drug-likeness (QED) is 0.189. The highest BCUT2D eigenvalue weighted by Crippen LogP contribution is 2.61. The maximum absolute atomic E-state index is 10.7. The summed E-state index contributed by atoms with van der Waals surface area (Å²) in [5.74, 6) is 2.61. The van der Waals surface area contributed by atoms with E-state index in [0.717, 1.165) is 41.7 Å². The molecule has 0 saturated heterocycles. The van der Waals surface area contributed by atoms with E-state index in [-0.39, 0.29) is 17.9 Å². The Hall–Kier alpha value is -2.99. The van der Waals surface area contributed by atoms with Gasteiger partial charge in [-0.05, 0) is 72.7 Å². The maximum Gasteiger partial charge on any atom is 0.298 e. The van der Waals surface area contributed by atoms with Gasteiger partial charge in [0.05, 0.1) is 15.6 Å². The van der Waals surface area contributed by atoms with Crippen LogP contribution in [0.25, 0.3) is 11.3 Å². The van der Waals surface area contributed by atoms with E-state index in [1.54, 1.807) is 24.3 Å². The Morgan fingerprint density at radius 2 is 1.76 bits per heavy atom. The van der Waals surface area contributed by atoms with E-state index >= 15 is 0 Å². The highest BCUT2D eigenvalue weighted by molar-refractivity contribution is 6.39. The zero-order valence-corrected chi connectivity index (χ0v) is 22.8. The number of benzene rings is 3. The largest absolute Gasteiger partial charge is 0.489 e. The Kier molecular flexibility index (Phi) is 6.63. The Morgan fingerprint density at radius 1 is 1.00 bits per heavy atom. The Labute approximate surface area is 235 Å². The van der Waals surface area contributed by atoms with Crippen LogP contribution < -0.4 is 9.47 Å². The van der Waals surface area contributed by atoms with E-state index in [1.807, 2.05) is 30.3 Å². The van der Waals surface area contributed by atoms with Crippen molar-refractivity contribution in [2.24, 2.45) is 0 Å². The van der Waals surface area contributed by atoms with Gasteiger partial charge in [-0.3, -0.25) is 4.79 Å². The van der Waals surface area contributed by atoms with E-state index in [2.05, 4.69) is 18.1 Å².